The molecule has 0 amide bonds. The SMILES string of the molecule is C=CC1(C)CCC2(C)C3CC(C)(C)CCC3(C)CCC2(C)C1. The normalized spacial score (nSPS) is 54.2. The second kappa shape index (κ2) is 4.64. The lowest BCUT2D eigenvalue weighted by atomic mass is 9.36. The van der Waals surface area contributed by atoms with Crippen LogP contribution in [0.5, 0.6) is 0 Å². The summed E-state index contributed by atoms with van der Waals surface area (Å²) in [4.78, 5) is 0. The molecule has 0 bridgehead atoms. The summed E-state index contributed by atoms with van der Waals surface area (Å²) < 4.78 is 0. The molecule has 0 N–H and O–H groups in total. The van der Waals surface area contributed by atoms with Crippen molar-refractivity contribution in [3.8, 4) is 0 Å². The molecule has 126 valence electrons. The highest BCUT2D eigenvalue weighted by Crippen LogP contribution is 2.72. The molecule has 0 radical (unpaired) electrons. The monoisotopic (exact) mass is 302 g/mol. The van der Waals surface area contributed by atoms with Crippen LogP contribution in [0.1, 0.15) is 92.9 Å². The Morgan fingerprint density at radius 1 is 0.818 bits per heavy atom. The summed E-state index contributed by atoms with van der Waals surface area (Å²) in [5.41, 5.74) is 2.55. The molecule has 0 aromatic carbocycles. The van der Waals surface area contributed by atoms with E-state index >= 15 is 0 Å². The van der Waals surface area contributed by atoms with Gasteiger partial charge >= 0.3 is 0 Å². The van der Waals surface area contributed by atoms with Gasteiger partial charge in [-0.2, -0.15) is 0 Å². The van der Waals surface area contributed by atoms with Gasteiger partial charge in [-0.05, 0) is 84.4 Å². The summed E-state index contributed by atoms with van der Waals surface area (Å²) in [5, 5.41) is 0. The fourth-order valence-corrected chi connectivity index (χ4v) is 6.73. The number of hydrogen-bond donors (Lipinski definition) is 0. The zero-order valence-electron chi connectivity index (χ0n) is 16.0. The second-order valence-electron chi connectivity index (χ2n) is 11.1. The third kappa shape index (κ3) is 2.23. The zero-order chi connectivity index (χ0) is 16.4. The Bertz CT molecular complexity index is 474. The van der Waals surface area contributed by atoms with Crippen molar-refractivity contribution in [2.24, 2.45) is 33.0 Å². The van der Waals surface area contributed by atoms with Crippen LogP contribution in [0.15, 0.2) is 12.7 Å². The van der Waals surface area contributed by atoms with Gasteiger partial charge in [0.25, 0.3) is 0 Å². The van der Waals surface area contributed by atoms with Crippen LogP contribution >= 0.6 is 0 Å². The van der Waals surface area contributed by atoms with E-state index in [0.717, 1.165) is 5.92 Å². The van der Waals surface area contributed by atoms with Gasteiger partial charge in [-0.25, -0.2) is 0 Å². The Morgan fingerprint density at radius 3 is 2.09 bits per heavy atom. The molecule has 5 atom stereocenters. The van der Waals surface area contributed by atoms with Gasteiger partial charge in [0.15, 0.2) is 0 Å². The minimum absolute atomic E-state index is 0.367. The van der Waals surface area contributed by atoms with Crippen LogP contribution in [0, 0.1) is 33.0 Å². The fourth-order valence-electron chi connectivity index (χ4n) is 6.73. The van der Waals surface area contributed by atoms with Gasteiger partial charge in [0.05, 0.1) is 0 Å². The average molecular weight is 303 g/mol. The Hall–Kier alpha value is -0.260. The number of fused-ring (bicyclic) bond motifs is 3. The largest absolute Gasteiger partial charge is 0.103 e. The molecule has 22 heavy (non-hydrogen) atoms. The van der Waals surface area contributed by atoms with E-state index in [1.54, 1.807) is 0 Å². The summed E-state index contributed by atoms with van der Waals surface area (Å²) in [6.45, 7) is 19.5. The highest BCUT2D eigenvalue weighted by atomic mass is 14.7. The van der Waals surface area contributed by atoms with Crippen molar-refractivity contribution < 1.29 is 0 Å². The van der Waals surface area contributed by atoms with Gasteiger partial charge in [0.1, 0.15) is 0 Å². The van der Waals surface area contributed by atoms with Crippen molar-refractivity contribution in [1.29, 1.82) is 0 Å². The van der Waals surface area contributed by atoms with Crippen molar-refractivity contribution in [2.75, 3.05) is 0 Å². The van der Waals surface area contributed by atoms with E-state index in [-0.39, 0.29) is 0 Å². The van der Waals surface area contributed by atoms with Gasteiger partial charge in [-0.3, -0.25) is 0 Å². The molecule has 0 saturated heterocycles. The minimum atomic E-state index is 0.367. The van der Waals surface area contributed by atoms with E-state index in [0.29, 0.717) is 27.1 Å². The topological polar surface area (TPSA) is 0 Å². The summed E-state index contributed by atoms with van der Waals surface area (Å²) in [7, 11) is 0. The molecule has 3 aliphatic rings. The van der Waals surface area contributed by atoms with E-state index in [1.807, 2.05) is 0 Å². The van der Waals surface area contributed by atoms with Crippen molar-refractivity contribution in [2.45, 2.75) is 92.9 Å². The van der Waals surface area contributed by atoms with Crippen LogP contribution in [0.3, 0.4) is 0 Å². The van der Waals surface area contributed by atoms with Crippen LogP contribution < -0.4 is 0 Å². The van der Waals surface area contributed by atoms with E-state index in [4.69, 9.17) is 0 Å². The molecule has 3 fully saturated rings. The molecule has 0 aromatic heterocycles. The Morgan fingerprint density at radius 2 is 1.45 bits per heavy atom. The summed E-state index contributed by atoms with van der Waals surface area (Å²) in [6.07, 6.45) is 13.6. The van der Waals surface area contributed by atoms with Crippen molar-refractivity contribution in [1.82, 2.24) is 0 Å². The summed E-state index contributed by atoms with van der Waals surface area (Å²) in [6, 6.07) is 0. The summed E-state index contributed by atoms with van der Waals surface area (Å²) in [5.74, 6) is 0.914. The maximum Gasteiger partial charge on any atom is -0.0144 e. The van der Waals surface area contributed by atoms with E-state index in [9.17, 15) is 0 Å². The third-order valence-corrected chi connectivity index (χ3v) is 8.87. The maximum absolute atomic E-state index is 4.17. The molecule has 5 unspecified atom stereocenters. The van der Waals surface area contributed by atoms with Gasteiger partial charge in [0.2, 0.25) is 0 Å². The number of rotatable bonds is 1. The molecule has 0 spiro atoms. The molecule has 0 aliphatic heterocycles. The quantitative estimate of drug-likeness (QED) is 0.457. The molecule has 0 heterocycles. The van der Waals surface area contributed by atoms with Crippen LogP contribution in [0.2, 0.25) is 0 Å². The zero-order valence-corrected chi connectivity index (χ0v) is 16.0. The predicted octanol–water partition coefficient (Wildman–Crippen LogP) is 7.00. The van der Waals surface area contributed by atoms with Gasteiger partial charge in [0, 0.05) is 0 Å². The molecule has 0 heteroatoms. The third-order valence-electron chi connectivity index (χ3n) is 8.87. The van der Waals surface area contributed by atoms with Gasteiger partial charge < -0.3 is 0 Å². The minimum Gasteiger partial charge on any atom is -0.103 e. The Kier molecular flexibility index (Phi) is 3.50. The molecule has 3 saturated carbocycles. The summed E-state index contributed by atoms with van der Waals surface area (Å²) >= 11 is 0. The van der Waals surface area contributed by atoms with E-state index < -0.39 is 0 Å². The van der Waals surface area contributed by atoms with Crippen LogP contribution in [0.25, 0.3) is 0 Å². The smallest absolute Gasteiger partial charge is 0.0144 e. The first-order valence-electron chi connectivity index (χ1n) is 9.61. The first-order valence-corrected chi connectivity index (χ1v) is 9.61. The molecular weight excluding hydrogens is 264 g/mol. The van der Waals surface area contributed by atoms with E-state index in [1.165, 1.54) is 51.4 Å². The molecular formula is C22H38. The number of hydrogen-bond acceptors (Lipinski definition) is 0. The lowest BCUT2D eigenvalue weighted by Crippen LogP contribution is -2.59. The highest BCUT2D eigenvalue weighted by molar-refractivity contribution is 5.14. The highest BCUT2D eigenvalue weighted by Gasteiger charge is 2.63. The molecule has 3 aliphatic carbocycles. The first kappa shape index (κ1) is 16.6. The molecule has 3 rings (SSSR count). The molecule has 0 aromatic rings. The van der Waals surface area contributed by atoms with Gasteiger partial charge in [-0.15, -0.1) is 6.58 Å². The molecule has 0 nitrogen and oxygen atoms in total. The first-order chi connectivity index (χ1) is 9.98. The van der Waals surface area contributed by atoms with E-state index in [2.05, 4.69) is 54.2 Å². The van der Waals surface area contributed by atoms with Crippen molar-refractivity contribution >= 4 is 0 Å². The Balaban J connectivity index is 1.99. The van der Waals surface area contributed by atoms with Crippen LogP contribution in [-0.2, 0) is 0 Å². The lowest BCUT2D eigenvalue weighted by Gasteiger charge is -2.68. The predicted molar refractivity (Wildman–Crippen MR) is 96.8 cm³/mol. The van der Waals surface area contributed by atoms with Crippen molar-refractivity contribution in [3.63, 3.8) is 0 Å². The second-order valence-corrected chi connectivity index (χ2v) is 11.1. The van der Waals surface area contributed by atoms with Crippen LogP contribution in [0.4, 0.5) is 0 Å². The number of allylic oxidation sites excluding steroid dienone is 1. The van der Waals surface area contributed by atoms with Gasteiger partial charge in [-0.1, -0.05) is 47.6 Å². The standard InChI is InChI=1S/C22H38/c1-8-19(4)10-14-22(7)17-15-18(2,3)9-11-20(17,5)12-13-21(22,6)16-19/h8,17H,1,9-16H2,2-7H3. The lowest BCUT2D eigenvalue weighted by molar-refractivity contribution is -0.183. The maximum atomic E-state index is 4.17. The average Bonchev–Trinajstić information content (AvgIpc) is 2.44. The fraction of sp³-hybridized carbons (Fsp3) is 0.909. The van der Waals surface area contributed by atoms with Crippen molar-refractivity contribution in [3.05, 3.63) is 12.7 Å². The Labute approximate surface area is 139 Å². The van der Waals surface area contributed by atoms with Crippen LogP contribution in [-0.4, -0.2) is 0 Å².